The highest BCUT2D eigenvalue weighted by Gasteiger charge is 2.30. The molecule has 1 unspecified atom stereocenters. The van der Waals surface area contributed by atoms with E-state index in [0.29, 0.717) is 11.4 Å². The maximum Gasteiger partial charge on any atom is 0.264 e. The fourth-order valence-electron chi connectivity index (χ4n) is 0.988. The third-order valence-corrected chi connectivity index (χ3v) is 2.09. The van der Waals surface area contributed by atoms with Crippen LogP contribution in [0.25, 0.3) is 0 Å². The van der Waals surface area contributed by atoms with Crippen LogP contribution in [0.2, 0.25) is 0 Å². The smallest absolute Gasteiger partial charge is 0.264 e. The predicted molar refractivity (Wildman–Crippen MR) is 54.6 cm³/mol. The average molecular weight is 200 g/mol. The zero-order valence-electron chi connectivity index (χ0n) is 8.22. The van der Waals surface area contributed by atoms with E-state index < -0.39 is 12.0 Å². The maximum absolute atomic E-state index is 12.8. The molecular weight excluding hydrogens is 186 g/mol. The first kappa shape index (κ1) is 10.8. The van der Waals surface area contributed by atoms with Crippen LogP contribution >= 0.6 is 0 Å². The fourth-order valence-corrected chi connectivity index (χ4v) is 0.988. The van der Waals surface area contributed by atoms with Crippen molar-refractivity contribution >= 4 is 11.4 Å². The molecule has 0 spiro atoms. The molecule has 78 valence electrons. The van der Waals surface area contributed by atoms with Crippen LogP contribution in [-0.4, -0.2) is 12.0 Å². The summed E-state index contributed by atoms with van der Waals surface area (Å²) in [6.45, 7) is 2.30. The van der Waals surface area contributed by atoms with Crippen LogP contribution < -0.4 is 11.1 Å². The van der Waals surface area contributed by atoms with Crippen molar-refractivity contribution in [2.45, 2.75) is 25.8 Å². The summed E-state index contributed by atoms with van der Waals surface area (Å²) in [6.07, 6.45) is 0. The van der Waals surface area contributed by atoms with E-state index >= 15 is 0 Å². The van der Waals surface area contributed by atoms with Crippen molar-refractivity contribution in [2.24, 2.45) is 0 Å². The van der Waals surface area contributed by atoms with Gasteiger partial charge >= 0.3 is 0 Å². The molecule has 14 heavy (non-hydrogen) atoms. The summed E-state index contributed by atoms with van der Waals surface area (Å²) in [5.74, 6) is -2.76. The van der Waals surface area contributed by atoms with Crippen LogP contribution in [-0.2, 0) is 0 Å². The zero-order chi connectivity index (χ0) is 10.8. The Hall–Kier alpha value is -1.32. The molecular formula is C10H14F2N2. The van der Waals surface area contributed by atoms with E-state index in [1.54, 1.807) is 24.3 Å². The standard InChI is InChI=1S/C10H14F2N2/c1-7(10(2,11)12)14-9-6-4-3-5-8(9)13/h3-7,14H,13H2,1-2H3. The first-order chi connectivity index (χ1) is 6.41. The summed E-state index contributed by atoms with van der Waals surface area (Å²) in [6, 6.07) is 5.92. The van der Waals surface area contributed by atoms with Crippen LogP contribution in [0, 0.1) is 0 Å². The lowest BCUT2D eigenvalue weighted by Gasteiger charge is -2.22. The van der Waals surface area contributed by atoms with Gasteiger partial charge in [-0.2, -0.15) is 0 Å². The van der Waals surface area contributed by atoms with Gasteiger partial charge in [0.15, 0.2) is 0 Å². The van der Waals surface area contributed by atoms with E-state index in [9.17, 15) is 8.78 Å². The maximum atomic E-state index is 12.8. The van der Waals surface area contributed by atoms with Gasteiger partial charge in [-0.1, -0.05) is 12.1 Å². The molecule has 1 aromatic rings. The van der Waals surface area contributed by atoms with Crippen LogP contribution in [0.5, 0.6) is 0 Å². The molecule has 0 aliphatic carbocycles. The highest BCUT2D eigenvalue weighted by molar-refractivity contribution is 5.66. The zero-order valence-corrected chi connectivity index (χ0v) is 8.22. The quantitative estimate of drug-likeness (QED) is 0.736. The molecule has 0 bridgehead atoms. The van der Waals surface area contributed by atoms with Gasteiger partial charge in [-0.25, -0.2) is 8.78 Å². The lowest BCUT2D eigenvalue weighted by Crippen LogP contribution is -2.34. The molecule has 2 nitrogen and oxygen atoms in total. The molecule has 3 N–H and O–H groups in total. The molecule has 0 aromatic heterocycles. The second-order valence-corrected chi connectivity index (χ2v) is 3.41. The Morgan fingerprint density at radius 3 is 2.43 bits per heavy atom. The molecule has 0 amide bonds. The summed E-state index contributed by atoms with van der Waals surface area (Å²) in [7, 11) is 0. The number of benzene rings is 1. The number of halogens is 2. The van der Waals surface area contributed by atoms with Crippen molar-refractivity contribution in [2.75, 3.05) is 11.1 Å². The van der Waals surface area contributed by atoms with Crippen molar-refractivity contribution in [3.63, 3.8) is 0 Å². The predicted octanol–water partition coefficient (Wildman–Crippen LogP) is 2.72. The Morgan fingerprint density at radius 2 is 1.93 bits per heavy atom. The van der Waals surface area contributed by atoms with Gasteiger partial charge < -0.3 is 11.1 Å². The Bertz CT molecular complexity index is 307. The summed E-state index contributed by atoms with van der Waals surface area (Å²) in [4.78, 5) is 0. The van der Waals surface area contributed by atoms with Crippen LogP contribution in [0.1, 0.15) is 13.8 Å². The molecule has 1 rings (SSSR count). The Kier molecular flexibility index (Phi) is 2.93. The molecule has 0 saturated carbocycles. The largest absolute Gasteiger partial charge is 0.397 e. The topological polar surface area (TPSA) is 38.0 Å². The van der Waals surface area contributed by atoms with E-state index in [1.807, 2.05) is 0 Å². The Morgan fingerprint density at radius 1 is 1.36 bits per heavy atom. The molecule has 1 aromatic carbocycles. The average Bonchev–Trinajstić information content (AvgIpc) is 2.07. The molecule has 0 radical (unpaired) electrons. The molecule has 4 heteroatoms. The minimum Gasteiger partial charge on any atom is -0.397 e. The van der Waals surface area contributed by atoms with Crippen LogP contribution in [0.15, 0.2) is 24.3 Å². The van der Waals surface area contributed by atoms with Crippen molar-refractivity contribution < 1.29 is 8.78 Å². The van der Waals surface area contributed by atoms with E-state index in [2.05, 4.69) is 5.32 Å². The number of hydrogen-bond donors (Lipinski definition) is 2. The minimum absolute atomic E-state index is 0.476. The Labute approximate surface area is 82.1 Å². The lowest BCUT2D eigenvalue weighted by atomic mass is 10.2. The van der Waals surface area contributed by atoms with E-state index in [0.717, 1.165) is 6.92 Å². The SMILES string of the molecule is CC(Nc1ccccc1N)C(C)(F)F. The third kappa shape index (κ3) is 2.58. The van der Waals surface area contributed by atoms with Crippen molar-refractivity contribution in [3.05, 3.63) is 24.3 Å². The number of rotatable bonds is 3. The number of para-hydroxylation sites is 2. The summed E-state index contributed by atoms with van der Waals surface area (Å²) >= 11 is 0. The second kappa shape index (κ2) is 3.82. The lowest BCUT2D eigenvalue weighted by molar-refractivity contribution is 0.00703. The second-order valence-electron chi connectivity index (χ2n) is 3.41. The van der Waals surface area contributed by atoms with Gasteiger partial charge in [-0.05, 0) is 19.1 Å². The molecule has 0 aliphatic rings. The number of hydrogen-bond acceptors (Lipinski definition) is 2. The number of alkyl halides is 2. The number of nitrogen functional groups attached to an aromatic ring is 1. The molecule has 0 saturated heterocycles. The first-order valence-electron chi connectivity index (χ1n) is 4.40. The van der Waals surface area contributed by atoms with Gasteiger partial charge in [-0.3, -0.25) is 0 Å². The van der Waals surface area contributed by atoms with Gasteiger partial charge in [0.2, 0.25) is 0 Å². The van der Waals surface area contributed by atoms with E-state index in [4.69, 9.17) is 5.73 Å². The Balaban J connectivity index is 2.75. The molecule has 1 atom stereocenters. The normalized spacial score (nSPS) is 13.7. The molecule has 0 aliphatic heterocycles. The van der Waals surface area contributed by atoms with Gasteiger partial charge in [-0.15, -0.1) is 0 Å². The van der Waals surface area contributed by atoms with Crippen LogP contribution in [0.4, 0.5) is 20.2 Å². The van der Waals surface area contributed by atoms with Gasteiger partial charge in [0.1, 0.15) is 0 Å². The monoisotopic (exact) mass is 200 g/mol. The summed E-state index contributed by atoms with van der Waals surface area (Å²) in [5, 5.41) is 2.68. The number of nitrogens with one attached hydrogen (secondary N) is 1. The summed E-state index contributed by atoms with van der Waals surface area (Å²) < 4.78 is 25.7. The first-order valence-corrected chi connectivity index (χ1v) is 4.40. The number of nitrogens with two attached hydrogens (primary N) is 1. The number of anilines is 2. The molecule has 0 fully saturated rings. The highest BCUT2D eigenvalue weighted by atomic mass is 19.3. The van der Waals surface area contributed by atoms with Gasteiger partial charge in [0.05, 0.1) is 17.4 Å². The van der Waals surface area contributed by atoms with E-state index in [-0.39, 0.29) is 0 Å². The van der Waals surface area contributed by atoms with Crippen LogP contribution in [0.3, 0.4) is 0 Å². The van der Waals surface area contributed by atoms with E-state index in [1.165, 1.54) is 6.92 Å². The minimum atomic E-state index is -2.76. The van der Waals surface area contributed by atoms with Gasteiger partial charge in [0, 0.05) is 6.92 Å². The highest BCUT2D eigenvalue weighted by Crippen LogP contribution is 2.24. The van der Waals surface area contributed by atoms with Crippen molar-refractivity contribution in [3.8, 4) is 0 Å². The third-order valence-electron chi connectivity index (χ3n) is 2.09. The summed E-state index contributed by atoms with van der Waals surface area (Å²) in [5.41, 5.74) is 6.62. The van der Waals surface area contributed by atoms with Gasteiger partial charge in [0.25, 0.3) is 5.92 Å². The molecule has 0 heterocycles. The van der Waals surface area contributed by atoms with Crippen molar-refractivity contribution in [1.29, 1.82) is 0 Å². The fraction of sp³-hybridized carbons (Fsp3) is 0.400. The van der Waals surface area contributed by atoms with Crippen molar-refractivity contribution in [1.82, 2.24) is 0 Å².